The second-order valence-electron chi connectivity index (χ2n) is 5.95. The fourth-order valence-corrected chi connectivity index (χ4v) is 3.08. The van der Waals surface area contributed by atoms with Crippen molar-refractivity contribution < 1.29 is 13.9 Å². The number of amides is 1. The lowest BCUT2D eigenvalue weighted by Gasteiger charge is -2.37. The number of halogens is 1. The number of furan rings is 1. The Labute approximate surface area is 148 Å². The number of nitrogens with two attached hydrogens (primary N) is 1. The van der Waals surface area contributed by atoms with Gasteiger partial charge in [-0.15, -0.1) is 12.4 Å². The highest BCUT2D eigenvalue weighted by Gasteiger charge is 2.34. The van der Waals surface area contributed by atoms with Crippen LogP contribution < -0.4 is 11.1 Å². The fourth-order valence-electron chi connectivity index (χ4n) is 3.08. The van der Waals surface area contributed by atoms with Crippen LogP contribution in [-0.4, -0.2) is 25.7 Å². The van der Waals surface area contributed by atoms with Crippen LogP contribution >= 0.6 is 12.4 Å². The zero-order chi connectivity index (χ0) is 16.1. The van der Waals surface area contributed by atoms with Gasteiger partial charge in [0, 0.05) is 25.2 Å². The van der Waals surface area contributed by atoms with Gasteiger partial charge in [-0.2, -0.15) is 0 Å². The molecule has 24 heavy (non-hydrogen) atoms. The van der Waals surface area contributed by atoms with Crippen LogP contribution in [0.5, 0.6) is 0 Å². The van der Waals surface area contributed by atoms with E-state index in [2.05, 4.69) is 17.4 Å². The molecule has 0 unspecified atom stereocenters. The molecule has 2 aromatic rings. The smallest absolute Gasteiger partial charge is 0.254 e. The third kappa shape index (κ3) is 3.98. The number of nitrogens with one attached hydrogen (secondary N) is 1. The zero-order valence-electron chi connectivity index (χ0n) is 13.5. The molecule has 3 N–H and O–H groups in total. The molecular formula is C18H23ClN2O3. The lowest BCUT2D eigenvalue weighted by molar-refractivity contribution is 0.0487. The molecule has 0 aliphatic carbocycles. The van der Waals surface area contributed by atoms with E-state index in [-0.39, 0.29) is 23.7 Å². The summed E-state index contributed by atoms with van der Waals surface area (Å²) in [7, 11) is 0. The minimum atomic E-state index is -0.129. The minimum Gasteiger partial charge on any atom is -0.467 e. The Balaban J connectivity index is 0.00000208. The summed E-state index contributed by atoms with van der Waals surface area (Å²) >= 11 is 0. The normalized spacial score (nSPS) is 16.2. The van der Waals surface area contributed by atoms with Crippen LogP contribution in [0.3, 0.4) is 0 Å². The summed E-state index contributed by atoms with van der Waals surface area (Å²) in [5.41, 5.74) is 7.20. The second kappa shape index (κ2) is 8.33. The van der Waals surface area contributed by atoms with E-state index in [9.17, 15) is 4.79 Å². The standard InChI is InChI=1S/C18H22N2O3.ClH/c19-11-16-10-14(12-23-16)17(21)20-13-18(6-8-22-9-7-18)15-4-2-1-3-5-15;/h1-5,10,12H,6-9,11,13,19H2,(H,20,21);1H. The van der Waals surface area contributed by atoms with Crippen molar-refractivity contribution in [1.29, 1.82) is 0 Å². The number of benzene rings is 1. The monoisotopic (exact) mass is 350 g/mol. The highest BCUT2D eigenvalue weighted by Crippen LogP contribution is 2.34. The summed E-state index contributed by atoms with van der Waals surface area (Å²) in [6.07, 6.45) is 3.25. The van der Waals surface area contributed by atoms with Gasteiger partial charge in [-0.05, 0) is 24.5 Å². The van der Waals surface area contributed by atoms with E-state index in [1.54, 1.807) is 6.07 Å². The van der Waals surface area contributed by atoms with Crippen molar-refractivity contribution in [1.82, 2.24) is 5.32 Å². The maximum absolute atomic E-state index is 12.3. The summed E-state index contributed by atoms with van der Waals surface area (Å²) in [4.78, 5) is 12.3. The molecule has 5 nitrogen and oxygen atoms in total. The number of hydrogen-bond acceptors (Lipinski definition) is 4. The van der Waals surface area contributed by atoms with E-state index in [1.165, 1.54) is 11.8 Å². The molecule has 0 bridgehead atoms. The van der Waals surface area contributed by atoms with Crippen molar-refractivity contribution in [2.75, 3.05) is 19.8 Å². The van der Waals surface area contributed by atoms with E-state index in [1.807, 2.05) is 18.2 Å². The molecule has 1 fully saturated rings. The van der Waals surface area contributed by atoms with Crippen LogP contribution in [0.25, 0.3) is 0 Å². The Kier molecular flexibility index (Phi) is 6.43. The van der Waals surface area contributed by atoms with Crippen LogP contribution in [0, 0.1) is 0 Å². The molecule has 130 valence electrons. The second-order valence-corrected chi connectivity index (χ2v) is 5.95. The average molecular weight is 351 g/mol. The Morgan fingerprint density at radius 2 is 1.92 bits per heavy atom. The number of hydrogen-bond donors (Lipinski definition) is 2. The molecule has 1 amide bonds. The number of ether oxygens (including phenoxy) is 1. The summed E-state index contributed by atoms with van der Waals surface area (Å²) in [6.45, 7) is 2.31. The molecule has 0 saturated carbocycles. The fraction of sp³-hybridized carbons (Fsp3) is 0.389. The number of carbonyl (C=O) groups is 1. The predicted molar refractivity (Wildman–Crippen MR) is 94.4 cm³/mol. The molecule has 2 heterocycles. The maximum Gasteiger partial charge on any atom is 0.254 e. The minimum absolute atomic E-state index is 0. The van der Waals surface area contributed by atoms with Crippen LogP contribution in [-0.2, 0) is 16.7 Å². The van der Waals surface area contributed by atoms with Crippen LogP contribution in [0.15, 0.2) is 47.1 Å². The van der Waals surface area contributed by atoms with E-state index in [0.717, 1.165) is 12.8 Å². The van der Waals surface area contributed by atoms with Crippen molar-refractivity contribution in [2.45, 2.75) is 24.8 Å². The van der Waals surface area contributed by atoms with Gasteiger partial charge in [0.2, 0.25) is 0 Å². The van der Waals surface area contributed by atoms with Gasteiger partial charge in [0.1, 0.15) is 12.0 Å². The van der Waals surface area contributed by atoms with Crippen molar-refractivity contribution in [3.05, 3.63) is 59.5 Å². The molecule has 1 aliphatic heterocycles. The van der Waals surface area contributed by atoms with E-state index in [0.29, 0.717) is 37.6 Å². The Bertz CT molecular complexity index is 651. The number of rotatable bonds is 5. The average Bonchev–Trinajstić information content (AvgIpc) is 3.10. The summed E-state index contributed by atoms with van der Waals surface area (Å²) in [5.74, 6) is 0.481. The van der Waals surface area contributed by atoms with Gasteiger partial charge in [0.15, 0.2) is 0 Å². The van der Waals surface area contributed by atoms with Gasteiger partial charge in [0.05, 0.1) is 12.1 Å². The van der Waals surface area contributed by atoms with Crippen LogP contribution in [0.4, 0.5) is 0 Å². The van der Waals surface area contributed by atoms with Crippen LogP contribution in [0.2, 0.25) is 0 Å². The predicted octanol–water partition coefficient (Wildman–Crippen LogP) is 2.64. The third-order valence-corrected chi connectivity index (χ3v) is 4.54. The summed E-state index contributed by atoms with van der Waals surface area (Å²) in [6, 6.07) is 12.0. The quantitative estimate of drug-likeness (QED) is 0.869. The first kappa shape index (κ1) is 18.5. The molecule has 0 atom stereocenters. The first-order valence-electron chi connectivity index (χ1n) is 7.92. The summed E-state index contributed by atoms with van der Waals surface area (Å²) < 4.78 is 10.7. The SMILES string of the molecule is Cl.NCc1cc(C(=O)NCC2(c3ccccc3)CCOCC2)co1. The highest BCUT2D eigenvalue weighted by atomic mass is 35.5. The molecule has 3 rings (SSSR count). The van der Waals surface area contributed by atoms with Gasteiger partial charge < -0.3 is 20.2 Å². The van der Waals surface area contributed by atoms with Crippen molar-refractivity contribution in [2.24, 2.45) is 5.73 Å². The zero-order valence-corrected chi connectivity index (χ0v) is 14.3. The van der Waals surface area contributed by atoms with Crippen molar-refractivity contribution in [3.8, 4) is 0 Å². The van der Waals surface area contributed by atoms with E-state index in [4.69, 9.17) is 14.9 Å². The molecule has 0 radical (unpaired) electrons. The van der Waals surface area contributed by atoms with Crippen molar-refractivity contribution >= 4 is 18.3 Å². The Morgan fingerprint density at radius 1 is 1.21 bits per heavy atom. The molecule has 6 heteroatoms. The first-order valence-corrected chi connectivity index (χ1v) is 7.92. The third-order valence-electron chi connectivity index (χ3n) is 4.54. The Morgan fingerprint density at radius 3 is 2.54 bits per heavy atom. The number of carbonyl (C=O) groups excluding carboxylic acids is 1. The largest absolute Gasteiger partial charge is 0.467 e. The van der Waals surface area contributed by atoms with E-state index < -0.39 is 0 Å². The maximum atomic E-state index is 12.3. The topological polar surface area (TPSA) is 77.5 Å². The molecular weight excluding hydrogens is 328 g/mol. The Hall–Kier alpha value is -1.82. The molecule has 1 aromatic heterocycles. The van der Waals surface area contributed by atoms with Gasteiger partial charge in [0.25, 0.3) is 5.91 Å². The molecule has 1 aliphatic rings. The lowest BCUT2D eigenvalue weighted by atomic mass is 9.74. The highest BCUT2D eigenvalue weighted by molar-refractivity contribution is 5.94. The van der Waals surface area contributed by atoms with Gasteiger partial charge in [-0.25, -0.2) is 0 Å². The molecule has 1 saturated heterocycles. The lowest BCUT2D eigenvalue weighted by Crippen LogP contribution is -2.44. The van der Waals surface area contributed by atoms with Crippen molar-refractivity contribution in [3.63, 3.8) is 0 Å². The molecule has 1 aromatic carbocycles. The molecule has 0 spiro atoms. The van der Waals surface area contributed by atoms with Gasteiger partial charge in [-0.1, -0.05) is 30.3 Å². The van der Waals surface area contributed by atoms with E-state index >= 15 is 0 Å². The van der Waals surface area contributed by atoms with Crippen LogP contribution in [0.1, 0.15) is 34.5 Å². The van der Waals surface area contributed by atoms with Gasteiger partial charge >= 0.3 is 0 Å². The first-order chi connectivity index (χ1) is 11.2. The summed E-state index contributed by atoms with van der Waals surface area (Å²) in [5, 5.41) is 3.05. The van der Waals surface area contributed by atoms with Gasteiger partial charge in [-0.3, -0.25) is 4.79 Å².